The quantitative estimate of drug-likeness (QED) is 0.444. The van der Waals surface area contributed by atoms with E-state index in [9.17, 15) is 18.0 Å². The van der Waals surface area contributed by atoms with Crippen LogP contribution in [0.3, 0.4) is 0 Å². The molecule has 0 unspecified atom stereocenters. The molecule has 0 aromatic rings. The van der Waals surface area contributed by atoms with Gasteiger partial charge in [-0.1, -0.05) is 0 Å². The predicted octanol–water partition coefficient (Wildman–Crippen LogP) is -2.93. The molecule has 0 aromatic carbocycles. The number of amides is 2. The molecule has 0 aliphatic rings. The molecule has 2 amide bonds. The average Bonchev–Trinajstić information content (AvgIpc) is 2.25. The average molecular weight is 266 g/mol. The number of carbonyl (C=O) groups excluding carboxylic acids is 2. The van der Waals surface area contributed by atoms with E-state index in [1.165, 1.54) is 14.1 Å². The molecule has 17 heavy (non-hydrogen) atoms. The number of nitrogens with one attached hydrogen (secondary N) is 2. The third kappa shape index (κ3) is 6.19. The molecule has 0 aliphatic carbocycles. The fourth-order valence-electron chi connectivity index (χ4n) is 0.822. The zero-order valence-corrected chi connectivity index (χ0v) is 10.7. The lowest BCUT2D eigenvalue weighted by Crippen LogP contribution is -2.43. The minimum Gasteiger partial charge on any atom is -0.347 e. The summed E-state index contributed by atoms with van der Waals surface area (Å²) < 4.78 is 23.7. The van der Waals surface area contributed by atoms with Gasteiger partial charge in [-0.3, -0.25) is 9.59 Å². The van der Waals surface area contributed by atoms with Gasteiger partial charge in [0.1, 0.15) is 0 Å². The molecule has 0 spiro atoms. The van der Waals surface area contributed by atoms with Crippen LogP contribution >= 0.6 is 0 Å². The van der Waals surface area contributed by atoms with Gasteiger partial charge in [-0.2, -0.15) is 0 Å². The molecule has 8 nitrogen and oxygen atoms in total. The van der Waals surface area contributed by atoms with E-state index in [2.05, 4.69) is 10.6 Å². The first kappa shape index (κ1) is 15.8. The van der Waals surface area contributed by atoms with Gasteiger partial charge >= 0.3 is 11.8 Å². The highest BCUT2D eigenvalue weighted by atomic mass is 32.2. The van der Waals surface area contributed by atoms with E-state index in [0.29, 0.717) is 0 Å². The van der Waals surface area contributed by atoms with Crippen molar-refractivity contribution in [1.82, 2.24) is 14.9 Å². The first-order chi connectivity index (χ1) is 7.81. The van der Waals surface area contributed by atoms with Crippen molar-refractivity contribution in [2.45, 2.75) is 0 Å². The summed E-state index contributed by atoms with van der Waals surface area (Å²) in [6.07, 6.45) is 0. The summed E-state index contributed by atoms with van der Waals surface area (Å²) in [5.41, 5.74) is 5.14. The Morgan fingerprint density at radius 3 is 2.00 bits per heavy atom. The molecule has 0 fully saturated rings. The molecule has 9 heteroatoms. The van der Waals surface area contributed by atoms with Crippen molar-refractivity contribution in [2.75, 3.05) is 39.5 Å². The Morgan fingerprint density at radius 2 is 1.59 bits per heavy atom. The van der Waals surface area contributed by atoms with E-state index in [1.807, 2.05) is 0 Å². The second-order valence-electron chi connectivity index (χ2n) is 3.40. The molecule has 0 saturated heterocycles. The summed E-state index contributed by atoms with van der Waals surface area (Å²) in [6, 6.07) is 0. The topological polar surface area (TPSA) is 122 Å². The first-order valence-electron chi connectivity index (χ1n) is 4.97. The molecule has 0 aromatic heterocycles. The molecule has 0 radical (unpaired) electrons. The van der Waals surface area contributed by atoms with Crippen LogP contribution < -0.4 is 16.4 Å². The minimum atomic E-state index is -3.37. The lowest BCUT2D eigenvalue weighted by atomic mass is 10.5. The molecule has 0 rings (SSSR count). The van der Waals surface area contributed by atoms with E-state index in [1.54, 1.807) is 0 Å². The second-order valence-corrected chi connectivity index (χ2v) is 5.70. The third-order valence-electron chi connectivity index (χ3n) is 1.84. The van der Waals surface area contributed by atoms with Gasteiger partial charge < -0.3 is 16.4 Å². The molecule has 100 valence electrons. The summed E-state index contributed by atoms with van der Waals surface area (Å²) >= 11 is 0. The number of nitrogens with two attached hydrogens (primary N) is 1. The molecule has 0 heterocycles. The fourth-order valence-corrected chi connectivity index (χ4v) is 1.55. The maximum atomic E-state index is 11.3. The van der Waals surface area contributed by atoms with Crippen molar-refractivity contribution in [1.29, 1.82) is 0 Å². The van der Waals surface area contributed by atoms with Gasteiger partial charge in [0.05, 0.1) is 5.75 Å². The molecule has 0 atom stereocenters. The Balaban J connectivity index is 3.98. The van der Waals surface area contributed by atoms with E-state index in [4.69, 9.17) is 5.73 Å². The standard InChI is InChI=1S/C8H18N4O4S/c1-12(2)17(15,16)6-5-11-8(14)7(13)10-4-3-9/h3-6,9H2,1-2H3,(H,10,13)(H,11,14). The maximum absolute atomic E-state index is 11.3. The fraction of sp³-hybridized carbons (Fsp3) is 0.750. The van der Waals surface area contributed by atoms with Crippen molar-refractivity contribution in [2.24, 2.45) is 5.73 Å². The normalized spacial score (nSPS) is 11.3. The van der Waals surface area contributed by atoms with Crippen LogP contribution in [0.1, 0.15) is 0 Å². The lowest BCUT2D eigenvalue weighted by Gasteiger charge is -2.11. The monoisotopic (exact) mass is 266 g/mol. The van der Waals surface area contributed by atoms with Gasteiger partial charge in [-0.05, 0) is 0 Å². The van der Waals surface area contributed by atoms with E-state index in [-0.39, 0.29) is 25.4 Å². The summed E-state index contributed by atoms with van der Waals surface area (Å²) in [5.74, 6) is -1.94. The van der Waals surface area contributed by atoms with Gasteiger partial charge in [-0.25, -0.2) is 12.7 Å². The summed E-state index contributed by atoms with van der Waals surface area (Å²) in [5, 5.41) is 4.47. The number of hydrogen-bond acceptors (Lipinski definition) is 5. The Bertz CT molecular complexity index is 366. The molecule has 0 aliphatic heterocycles. The van der Waals surface area contributed by atoms with E-state index >= 15 is 0 Å². The van der Waals surface area contributed by atoms with Gasteiger partial charge in [-0.15, -0.1) is 0 Å². The van der Waals surface area contributed by atoms with E-state index in [0.717, 1.165) is 4.31 Å². The Kier molecular flexibility index (Phi) is 6.69. The number of hydrogen-bond donors (Lipinski definition) is 3. The maximum Gasteiger partial charge on any atom is 0.309 e. The zero-order valence-electron chi connectivity index (χ0n) is 9.89. The second kappa shape index (κ2) is 7.20. The van der Waals surface area contributed by atoms with Gasteiger partial charge in [0.2, 0.25) is 10.0 Å². The Hall–Kier alpha value is -1.19. The SMILES string of the molecule is CN(C)S(=O)(=O)CCNC(=O)C(=O)NCCN. The van der Waals surface area contributed by atoms with Crippen molar-refractivity contribution in [3.8, 4) is 0 Å². The van der Waals surface area contributed by atoms with Crippen LogP contribution in [-0.4, -0.2) is 64.0 Å². The van der Waals surface area contributed by atoms with Crippen LogP contribution in [0.25, 0.3) is 0 Å². The highest BCUT2D eigenvalue weighted by Crippen LogP contribution is 1.91. The highest BCUT2D eigenvalue weighted by molar-refractivity contribution is 7.89. The summed E-state index contributed by atoms with van der Waals surface area (Å²) in [4.78, 5) is 22.2. The largest absolute Gasteiger partial charge is 0.347 e. The minimum absolute atomic E-state index is 0.116. The third-order valence-corrected chi connectivity index (χ3v) is 3.67. The van der Waals surface area contributed by atoms with Crippen LogP contribution in [-0.2, 0) is 19.6 Å². The van der Waals surface area contributed by atoms with Crippen molar-refractivity contribution < 1.29 is 18.0 Å². The Labute approximate surface area is 101 Å². The van der Waals surface area contributed by atoms with Gasteiger partial charge in [0.15, 0.2) is 0 Å². The van der Waals surface area contributed by atoms with Gasteiger partial charge in [0.25, 0.3) is 0 Å². The number of nitrogens with zero attached hydrogens (tertiary/aromatic N) is 1. The van der Waals surface area contributed by atoms with Crippen molar-refractivity contribution in [3.05, 3.63) is 0 Å². The van der Waals surface area contributed by atoms with Crippen LogP contribution in [0, 0.1) is 0 Å². The number of carbonyl (C=O) groups is 2. The lowest BCUT2D eigenvalue weighted by molar-refractivity contribution is -0.139. The van der Waals surface area contributed by atoms with Crippen molar-refractivity contribution >= 4 is 21.8 Å². The summed E-state index contributed by atoms with van der Waals surface area (Å²) in [6.45, 7) is 0.311. The smallest absolute Gasteiger partial charge is 0.309 e. The molecular weight excluding hydrogens is 248 g/mol. The number of sulfonamides is 1. The highest BCUT2D eigenvalue weighted by Gasteiger charge is 2.16. The van der Waals surface area contributed by atoms with Crippen LogP contribution in [0.15, 0.2) is 0 Å². The van der Waals surface area contributed by atoms with E-state index < -0.39 is 21.8 Å². The molecular formula is C8H18N4O4S. The summed E-state index contributed by atoms with van der Waals surface area (Å²) in [7, 11) is -0.582. The van der Waals surface area contributed by atoms with Crippen LogP contribution in [0.4, 0.5) is 0 Å². The Morgan fingerprint density at radius 1 is 1.12 bits per heavy atom. The van der Waals surface area contributed by atoms with Gasteiger partial charge in [0, 0.05) is 33.7 Å². The molecule has 4 N–H and O–H groups in total. The first-order valence-corrected chi connectivity index (χ1v) is 6.58. The zero-order chi connectivity index (χ0) is 13.5. The van der Waals surface area contributed by atoms with Crippen molar-refractivity contribution in [3.63, 3.8) is 0 Å². The molecule has 0 saturated carbocycles. The number of rotatable bonds is 6. The molecule has 0 bridgehead atoms. The van der Waals surface area contributed by atoms with Crippen LogP contribution in [0.2, 0.25) is 0 Å². The predicted molar refractivity (Wildman–Crippen MR) is 62.5 cm³/mol. The van der Waals surface area contributed by atoms with Crippen LogP contribution in [0.5, 0.6) is 0 Å².